The van der Waals surface area contributed by atoms with Crippen LogP contribution >= 0.6 is 27.7 Å². The lowest BCUT2D eigenvalue weighted by Gasteiger charge is -2.19. The Bertz CT molecular complexity index is 355. The summed E-state index contributed by atoms with van der Waals surface area (Å²) in [6, 6.07) is 6.74. The standard InChI is InChI=1S/C13H20BrNS/c1-9(15)7-10-5-6-12(11(14)8-10)16-13(2,3)4/h5-6,8-9H,7,15H2,1-4H3. The van der Waals surface area contributed by atoms with Crippen LogP contribution in [0.3, 0.4) is 0 Å². The SMILES string of the molecule is CC(N)Cc1ccc(SC(C)(C)C)c(Br)c1. The molecule has 1 rings (SSSR count). The number of benzene rings is 1. The zero-order valence-electron chi connectivity index (χ0n) is 10.4. The van der Waals surface area contributed by atoms with Gasteiger partial charge < -0.3 is 5.73 Å². The van der Waals surface area contributed by atoms with Crippen LogP contribution in [0.25, 0.3) is 0 Å². The highest BCUT2D eigenvalue weighted by Crippen LogP contribution is 2.36. The summed E-state index contributed by atoms with van der Waals surface area (Å²) >= 11 is 5.50. The fraction of sp³-hybridized carbons (Fsp3) is 0.538. The molecule has 1 atom stereocenters. The lowest BCUT2D eigenvalue weighted by atomic mass is 10.1. The van der Waals surface area contributed by atoms with Gasteiger partial charge in [0.2, 0.25) is 0 Å². The van der Waals surface area contributed by atoms with Crippen molar-refractivity contribution in [3.05, 3.63) is 28.2 Å². The molecule has 16 heavy (non-hydrogen) atoms. The van der Waals surface area contributed by atoms with Crippen LogP contribution in [0.4, 0.5) is 0 Å². The molecular weight excluding hydrogens is 282 g/mol. The summed E-state index contributed by atoms with van der Waals surface area (Å²) in [6.07, 6.45) is 0.930. The summed E-state index contributed by atoms with van der Waals surface area (Å²) in [5, 5.41) is 0. The average molecular weight is 302 g/mol. The van der Waals surface area contributed by atoms with Crippen molar-refractivity contribution in [1.29, 1.82) is 0 Å². The van der Waals surface area contributed by atoms with Gasteiger partial charge in [0.15, 0.2) is 0 Å². The van der Waals surface area contributed by atoms with Gasteiger partial charge >= 0.3 is 0 Å². The Morgan fingerprint density at radius 1 is 1.38 bits per heavy atom. The second-order valence-corrected chi connectivity index (χ2v) is 7.88. The van der Waals surface area contributed by atoms with Gasteiger partial charge in [0, 0.05) is 20.2 Å². The maximum atomic E-state index is 5.79. The second-order valence-electron chi connectivity index (χ2n) is 5.16. The van der Waals surface area contributed by atoms with Crippen molar-refractivity contribution in [2.45, 2.75) is 49.8 Å². The van der Waals surface area contributed by atoms with Crippen molar-refractivity contribution < 1.29 is 0 Å². The Hall–Kier alpha value is 0.01000. The van der Waals surface area contributed by atoms with E-state index in [9.17, 15) is 0 Å². The summed E-state index contributed by atoms with van der Waals surface area (Å²) in [5.41, 5.74) is 7.09. The molecule has 0 heterocycles. The Kier molecular flexibility index (Phi) is 4.89. The molecule has 1 unspecified atom stereocenters. The minimum Gasteiger partial charge on any atom is -0.328 e. The Morgan fingerprint density at radius 3 is 2.44 bits per heavy atom. The predicted molar refractivity (Wildman–Crippen MR) is 77.1 cm³/mol. The van der Waals surface area contributed by atoms with Crippen LogP contribution in [-0.4, -0.2) is 10.8 Å². The molecule has 0 fully saturated rings. The molecular formula is C13H20BrNS. The minimum absolute atomic E-state index is 0.216. The minimum atomic E-state index is 0.216. The van der Waals surface area contributed by atoms with Crippen molar-refractivity contribution in [3.8, 4) is 0 Å². The second kappa shape index (κ2) is 5.56. The average Bonchev–Trinajstić information content (AvgIpc) is 2.06. The van der Waals surface area contributed by atoms with Gasteiger partial charge in [-0.3, -0.25) is 0 Å². The van der Waals surface area contributed by atoms with E-state index in [2.05, 4.69) is 54.9 Å². The van der Waals surface area contributed by atoms with Crippen molar-refractivity contribution in [2.24, 2.45) is 5.73 Å². The lowest BCUT2D eigenvalue weighted by molar-refractivity contribution is 0.737. The first-order valence-corrected chi connectivity index (χ1v) is 7.12. The Morgan fingerprint density at radius 2 is 2.00 bits per heavy atom. The predicted octanol–water partition coefficient (Wildman–Crippen LogP) is 4.23. The maximum absolute atomic E-state index is 5.79. The molecule has 0 aromatic heterocycles. The fourth-order valence-corrected chi connectivity index (χ4v) is 3.08. The van der Waals surface area contributed by atoms with Gasteiger partial charge in [-0.2, -0.15) is 0 Å². The van der Waals surface area contributed by atoms with Crippen LogP contribution in [0.2, 0.25) is 0 Å². The first-order valence-electron chi connectivity index (χ1n) is 5.51. The van der Waals surface area contributed by atoms with Gasteiger partial charge in [-0.15, -0.1) is 11.8 Å². The van der Waals surface area contributed by atoms with E-state index in [0.717, 1.165) is 6.42 Å². The molecule has 90 valence electrons. The van der Waals surface area contributed by atoms with Gasteiger partial charge in [0.25, 0.3) is 0 Å². The molecule has 0 spiro atoms. The quantitative estimate of drug-likeness (QED) is 0.846. The van der Waals surface area contributed by atoms with Gasteiger partial charge in [-0.1, -0.05) is 26.8 Å². The highest BCUT2D eigenvalue weighted by molar-refractivity contribution is 9.10. The van der Waals surface area contributed by atoms with E-state index >= 15 is 0 Å². The van der Waals surface area contributed by atoms with E-state index < -0.39 is 0 Å². The van der Waals surface area contributed by atoms with Crippen LogP contribution in [0.15, 0.2) is 27.6 Å². The van der Waals surface area contributed by atoms with E-state index in [4.69, 9.17) is 5.73 Å². The van der Waals surface area contributed by atoms with E-state index in [-0.39, 0.29) is 10.8 Å². The van der Waals surface area contributed by atoms with Gasteiger partial charge in [-0.05, 0) is 47.0 Å². The molecule has 0 amide bonds. The Balaban J connectivity index is 2.83. The highest BCUT2D eigenvalue weighted by Gasteiger charge is 2.14. The number of thioether (sulfide) groups is 1. The molecule has 0 saturated heterocycles. The van der Waals surface area contributed by atoms with E-state index in [1.165, 1.54) is 14.9 Å². The van der Waals surface area contributed by atoms with E-state index in [0.29, 0.717) is 0 Å². The molecule has 0 aliphatic rings. The maximum Gasteiger partial charge on any atom is 0.0314 e. The molecule has 1 aromatic carbocycles. The highest BCUT2D eigenvalue weighted by atomic mass is 79.9. The Labute approximate surface area is 111 Å². The number of nitrogens with two attached hydrogens (primary N) is 1. The third kappa shape index (κ3) is 4.89. The van der Waals surface area contributed by atoms with Gasteiger partial charge in [0.05, 0.1) is 0 Å². The van der Waals surface area contributed by atoms with Crippen molar-refractivity contribution in [2.75, 3.05) is 0 Å². The summed E-state index contributed by atoms with van der Waals surface area (Å²) in [6.45, 7) is 8.70. The molecule has 0 bridgehead atoms. The fourth-order valence-electron chi connectivity index (χ4n) is 1.46. The van der Waals surface area contributed by atoms with Crippen molar-refractivity contribution >= 4 is 27.7 Å². The molecule has 0 aliphatic carbocycles. The number of halogens is 1. The van der Waals surface area contributed by atoms with E-state index in [1.54, 1.807) is 0 Å². The van der Waals surface area contributed by atoms with Crippen molar-refractivity contribution in [1.82, 2.24) is 0 Å². The smallest absolute Gasteiger partial charge is 0.0314 e. The summed E-state index contributed by atoms with van der Waals surface area (Å²) in [4.78, 5) is 1.29. The zero-order valence-corrected chi connectivity index (χ0v) is 12.8. The third-order valence-corrected chi connectivity index (χ3v) is 4.08. The molecule has 0 radical (unpaired) electrons. The molecule has 2 N–H and O–H groups in total. The molecule has 1 nitrogen and oxygen atoms in total. The third-order valence-electron chi connectivity index (χ3n) is 1.97. The van der Waals surface area contributed by atoms with Crippen molar-refractivity contribution in [3.63, 3.8) is 0 Å². The zero-order chi connectivity index (χ0) is 12.3. The number of hydrogen-bond acceptors (Lipinski definition) is 2. The normalized spacial score (nSPS) is 13.9. The number of hydrogen-bond donors (Lipinski definition) is 1. The summed E-state index contributed by atoms with van der Waals surface area (Å²) in [5.74, 6) is 0. The molecule has 0 saturated carbocycles. The molecule has 3 heteroatoms. The van der Waals surface area contributed by atoms with Gasteiger partial charge in [-0.25, -0.2) is 0 Å². The molecule has 1 aromatic rings. The largest absolute Gasteiger partial charge is 0.328 e. The first kappa shape index (κ1) is 14.1. The number of rotatable bonds is 3. The molecule has 0 aliphatic heterocycles. The van der Waals surface area contributed by atoms with Crippen LogP contribution in [0, 0.1) is 0 Å². The lowest BCUT2D eigenvalue weighted by Crippen LogP contribution is -2.17. The van der Waals surface area contributed by atoms with Crippen LogP contribution in [-0.2, 0) is 6.42 Å². The monoisotopic (exact) mass is 301 g/mol. The topological polar surface area (TPSA) is 26.0 Å². The van der Waals surface area contributed by atoms with E-state index in [1.807, 2.05) is 18.7 Å². The van der Waals surface area contributed by atoms with Gasteiger partial charge in [0.1, 0.15) is 0 Å². The van der Waals surface area contributed by atoms with Crippen LogP contribution in [0.5, 0.6) is 0 Å². The van der Waals surface area contributed by atoms with Crippen LogP contribution < -0.4 is 5.73 Å². The van der Waals surface area contributed by atoms with Crippen LogP contribution in [0.1, 0.15) is 33.3 Å². The first-order chi connectivity index (χ1) is 7.28. The summed E-state index contributed by atoms with van der Waals surface area (Å²) in [7, 11) is 0. The summed E-state index contributed by atoms with van der Waals surface area (Å²) < 4.78 is 1.41.